The van der Waals surface area contributed by atoms with Crippen molar-refractivity contribution in [1.29, 1.82) is 0 Å². The molecule has 1 fully saturated rings. The Morgan fingerprint density at radius 1 is 1.38 bits per heavy atom. The summed E-state index contributed by atoms with van der Waals surface area (Å²) >= 11 is 0. The Labute approximate surface area is 165 Å². The largest absolute Gasteiger partial charge is 0.491 e. The lowest BCUT2D eigenvalue weighted by molar-refractivity contribution is -0.141. The number of nitrogens with zero attached hydrogens (tertiary/aromatic N) is 3. The first-order valence-corrected chi connectivity index (χ1v) is 9.40. The first kappa shape index (κ1) is 20.9. The van der Waals surface area contributed by atoms with Gasteiger partial charge in [-0.3, -0.25) is 14.3 Å². The van der Waals surface area contributed by atoms with E-state index in [0.29, 0.717) is 17.7 Å². The number of hydrogen-bond acceptors (Lipinski definition) is 4. The molecule has 1 aliphatic rings. The first-order chi connectivity index (χ1) is 13.6. The predicted octanol–water partition coefficient (Wildman–Crippen LogP) is 3.19. The van der Waals surface area contributed by atoms with E-state index in [2.05, 4.69) is 10.4 Å². The van der Waals surface area contributed by atoms with Crippen molar-refractivity contribution in [3.05, 3.63) is 18.2 Å². The van der Waals surface area contributed by atoms with Crippen molar-refractivity contribution in [3.63, 3.8) is 0 Å². The second kappa shape index (κ2) is 7.92. The van der Waals surface area contributed by atoms with Gasteiger partial charge >= 0.3 is 6.18 Å². The zero-order valence-corrected chi connectivity index (χ0v) is 16.4. The van der Waals surface area contributed by atoms with E-state index in [1.54, 1.807) is 17.0 Å². The molecule has 10 heteroatoms. The van der Waals surface area contributed by atoms with Crippen molar-refractivity contribution in [2.75, 3.05) is 18.4 Å². The quantitative estimate of drug-likeness (QED) is 0.791. The van der Waals surface area contributed by atoms with E-state index in [-0.39, 0.29) is 36.3 Å². The molecule has 158 valence electrons. The molecule has 29 heavy (non-hydrogen) atoms. The van der Waals surface area contributed by atoms with Crippen LogP contribution in [0, 0.1) is 5.92 Å². The second-order valence-electron chi connectivity index (χ2n) is 7.29. The molecule has 0 aliphatic carbocycles. The number of nitrogens with one attached hydrogen (secondary N) is 1. The number of halogens is 3. The second-order valence-corrected chi connectivity index (χ2v) is 7.29. The average Bonchev–Trinajstić information content (AvgIpc) is 3.14. The van der Waals surface area contributed by atoms with E-state index in [4.69, 9.17) is 4.74 Å². The summed E-state index contributed by atoms with van der Waals surface area (Å²) in [6.45, 7) is 4.94. The first-order valence-electron chi connectivity index (χ1n) is 9.40. The van der Waals surface area contributed by atoms with Gasteiger partial charge in [0.2, 0.25) is 11.8 Å². The van der Waals surface area contributed by atoms with Crippen molar-refractivity contribution in [2.24, 2.45) is 5.92 Å². The highest BCUT2D eigenvalue weighted by atomic mass is 19.4. The van der Waals surface area contributed by atoms with Crippen LogP contribution >= 0.6 is 0 Å². The van der Waals surface area contributed by atoms with Gasteiger partial charge in [0.1, 0.15) is 12.3 Å². The van der Waals surface area contributed by atoms with Crippen molar-refractivity contribution < 1.29 is 27.5 Å². The molecule has 1 saturated heterocycles. The van der Waals surface area contributed by atoms with E-state index >= 15 is 0 Å². The molecule has 0 bridgehead atoms. The van der Waals surface area contributed by atoms with Gasteiger partial charge in [0, 0.05) is 31.0 Å². The molecule has 1 aromatic heterocycles. The number of hydrogen-bond donors (Lipinski definition) is 1. The van der Waals surface area contributed by atoms with Gasteiger partial charge in [-0.05, 0) is 32.9 Å². The van der Waals surface area contributed by atoms with Crippen LogP contribution in [0.5, 0.6) is 5.75 Å². The summed E-state index contributed by atoms with van der Waals surface area (Å²) in [5, 5.41) is 6.95. The average molecular weight is 412 g/mol. The lowest BCUT2D eigenvalue weighted by atomic mass is 10.1. The predicted molar refractivity (Wildman–Crippen MR) is 101 cm³/mol. The van der Waals surface area contributed by atoms with Crippen molar-refractivity contribution in [2.45, 2.75) is 46.0 Å². The van der Waals surface area contributed by atoms with E-state index < -0.39 is 24.5 Å². The number of fused-ring (bicyclic) bond motifs is 1. The molecule has 1 unspecified atom stereocenters. The molecule has 2 amide bonds. The van der Waals surface area contributed by atoms with E-state index in [1.807, 2.05) is 20.8 Å². The molecule has 7 nitrogen and oxygen atoms in total. The topological polar surface area (TPSA) is 76.5 Å². The van der Waals surface area contributed by atoms with Crippen molar-refractivity contribution in [1.82, 2.24) is 14.7 Å². The Hall–Kier alpha value is -2.78. The summed E-state index contributed by atoms with van der Waals surface area (Å²) in [6.07, 6.45) is -4.55. The van der Waals surface area contributed by atoms with Crippen LogP contribution in [0.3, 0.4) is 0 Å². The van der Waals surface area contributed by atoms with Crippen LogP contribution < -0.4 is 10.1 Å². The summed E-state index contributed by atoms with van der Waals surface area (Å²) in [6, 6.07) is 4.66. The number of likely N-dealkylation sites (tertiary alicyclic amines) is 1. The van der Waals surface area contributed by atoms with Gasteiger partial charge < -0.3 is 15.0 Å². The van der Waals surface area contributed by atoms with Crippen molar-refractivity contribution >= 4 is 28.5 Å². The van der Waals surface area contributed by atoms with E-state index in [9.17, 15) is 22.8 Å². The molecule has 2 heterocycles. The molecule has 2 aromatic rings. The smallest absolute Gasteiger partial charge is 0.408 e. The van der Waals surface area contributed by atoms with Crippen LogP contribution in [-0.2, 0) is 16.1 Å². The number of anilines is 1. The third kappa shape index (κ3) is 4.80. The lowest BCUT2D eigenvalue weighted by Crippen LogP contribution is -2.28. The third-order valence-electron chi connectivity index (χ3n) is 4.63. The number of rotatable bonds is 6. The number of amides is 2. The third-order valence-corrected chi connectivity index (χ3v) is 4.63. The molecule has 3 rings (SSSR count). The van der Waals surface area contributed by atoms with Gasteiger partial charge in [-0.2, -0.15) is 18.3 Å². The van der Waals surface area contributed by atoms with Gasteiger partial charge in [-0.1, -0.05) is 0 Å². The molecular weight excluding hydrogens is 389 g/mol. The van der Waals surface area contributed by atoms with Gasteiger partial charge in [0.05, 0.1) is 17.5 Å². The summed E-state index contributed by atoms with van der Waals surface area (Å²) in [5.74, 6) is -0.666. The molecule has 1 aromatic carbocycles. The van der Waals surface area contributed by atoms with Gasteiger partial charge in [0.15, 0.2) is 5.82 Å². The zero-order valence-electron chi connectivity index (χ0n) is 16.4. The molecular formula is C19H23F3N4O3. The molecule has 1 N–H and O–H groups in total. The molecule has 1 aliphatic heterocycles. The van der Waals surface area contributed by atoms with Crippen LogP contribution in [0.25, 0.3) is 10.9 Å². The Kier molecular flexibility index (Phi) is 5.72. The number of carbonyl (C=O) groups excluding carboxylic acids is 2. The maximum atomic E-state index is 13.0. The minimum absolute atomic E-state index is 0.0349. The van der Waals surface area contributed by atoms with Crippen LogP contribution in [0.1, 0.15) is 27.2 Å². The van der Waals surface area contributed by atoms with E-state index in [1.165, 1.54) is 6.07 Å². The number of aromatic nitrogens is 2. The van der Waals surface area contributed by atoms with Crippen LogP contribution in [0.2, 0.25) is 0 Å². The summed E-state index contributed by atoms with van der Waals surface area (Å²) in [7, 11) is 0. The van der Waals surface area contributed by atoms with Gasteiger partial charge in [-0.25, -0.2) is 0 Å². The molecule has 0 spiro atoms. The Balaban J connectivity index is 1.91. The zero-order chi connectivity index (χ0) is 21.3. The standard InChI is InChI=1S/C19H23F3N4O3/c1-4-25-9-12(7-16(25)27)18(28)23-17-14-6-5-13(29-11(2)3)8-15(14)26(24-17)10-19(20,21)22/h5-6,8,11-12H,4,7,9-10H2,1-3H3,(H,23,24,28). The number of carbonyl (C=O) groups is 2. The number of benzene rings is 1. The normalized spacial score (nSPS) is 17.4. The van der Waals surface area contributed by atoms with Crippen LogP contribution in [0.4, 0.5) is 19.0 Å². The van der Waals surface area contributed by atoms with Gasteiger partial charge in [-0.15, -0.1) is 0 Å². The maximum Gasteiger partial charge on any atom is 0.408 e. The minimum Gasteiger partial charge on any atom is -0.491 e. The Bertz CT molecular complexity index is 923. The monoisotopic (exact) mass is 412 g/mol. The highest BCUT2D eigenvalue weighted by molar-refractivity contribution is 6.02. The van der Waals surface area contributed by atoms with Gasteiger partial charge in [0.25, 0.3) is 0 Å². The maximum absolute atomic E-state index is 13.0. The highest BCUT2D eigenvalue weighted by Crippen LogP contribution is 2.30. The molecule has 0 radical (unpaired) electrons. The van der Waals surface area contributed by atoms with E-state index in [0.717, 1.165) is 4.68 Å². The minimum atomic E-state index is -4.48. The fourth-order valence-electron chi connectivity index (χ4n) is 3.35. The summed E-state index contributed by atoms with van der Waals surface area (Å²) in [4.78, 5) is 26.0. The Morgan fingerprint density at radius 3 is 2.69 bits per heavy atom. The fourth-order valence-corrected chi connectivity index (χ4v) is 3.35. The van der Waals surface area contributed by atoms with Crippen LogP contribution in [0.15, 0.2) is 18.2 Å². The molecule has 0 saturated carbocycles. The fraction of sp³-hybridized carbons (Fsp3) is 0.526. The SMILES string of the molecule is CCN1CC(C(=O)Nc2nn(CC(F)(F)F)c3cc(OC(C)C)ccc23)CC1=O. The summed E-state index contributed by atoms with van der Waals surface area (Å²) in [5.41, 5.74) is 0.202. The summed E-state index contributed by atoms with van der Waals surface area (Å²) < 4.78 is 45.4. The number of ether oxygens (including phenoxy) is 1. The van der Waals surface area contributed by atoms with Crippen LogP contribution in [-0.4, -0.2) is 51.9 Å². The number of alkyl halides is 3. The molecule has 1 atom stereocenters. The highest BCUT2D eigenvalue weighted by Gasteiger charge is 2.34. The Morgan fingerprint density at radius 2 is 2.10 bits per heavy atom. The lowest BCUT2D eigenvalue weighted by Gasteiger charge is -2.13. The van der Waals surface area contributed by atoms with Crippen molar-refractivity contribution in [3.8, 4) is 5.75 Å².